The third kappa shape index (κ3) is 4.53. The maximum Gasteiger partial charge on any atom is 0.160 e. The van der Waals surface area contributed by atoms with E-state index in [1.54, 1.807) is 24.3 Å². The smallest absolute Gasteiger partial charge is 0.160 e. The number of aromatic hydroxyl groups is 2. The fourth-order valence-corrected chi connectivity index (χ4v) is 2.37. The normalized spacial score (nSPS) is 12.0. The Morgan fingerprint density at radius 2 is 1.58 bits per heavy atom. The lowest BCUT2D eigenvalue weighted by molar-refractivity contribution is 0.174. The second-order valence-corrected chi connectivity index (χ2v) is 5.41. The lowest BCUT2D eigenvalue weighted by atomic mass is 10.1. The standard InChI is InChI=1S/C18H23NO5/c1-23-17-9-12(3-5-14(17)20)7-8-19-11-16(22)13-4-6-15(21)18(10-13)24-2/h3-6,9-10,16,19-22H,7-8,11H2,1-2H3/t16-/m0/s1. The van der Waals surface area contributed by atoms with E-state index in [-0.39, 0.29) is 11.5 Å². The average Bonchev–Trinajstić information content (AvgIpc) is 2.60. The first kappa shape index (κ1) is 17.9. The van der Waals surface area contributed by atoms with Crippen LogP contribution < -0.4 is 14.8 Å². The summed E-state index contributed by atoms with van der Waals surface area (Å²) in [5.41, 5.74) is 1.70. The van der Waals surface area contributed by atoms with Gasteiger partial charge in [0.15, 0.2) is 23.0 Å². The van der Waals surface area contributed by atoms with Crippen molar-refractivity contribution < 1.29 is 24.8 Å². The summed E-state index contributed by atoms with van der Waals surface area (Å²) >= 11 is 0. The Labute approximate surface area is 141 Å². The van der Waals surface area contributed by atoms with E-state index in [9.17, 15) is 15.3 Å². The number of phenols is 2. The molecule has 0 bridgehead atoms. The van der Waals surface area contributed by atoms with Gasteiger partial charge in [0.1, 0.15) is 0 Å². The second kappa shape index (κ2) is 8.42. The Balaban J connectivity index is 1.83. The molecule has 0 fully saturated rings. The number of hydrogen-bond donors (Lipinski definition) is 4. The van der Waals surface area contributed by atoms with Crippen molar-refractivity contribution in [1.82, 2.24) is 5.32 Å². The fraction of sp³-hybridized carbons (Fsp3) is 0.333. The van der Waals surface area contributed by atoms with E-state index < -0.39 is 6.10 Å². The molecule has 0 aliphatic carbocycles. The van der Waals surface area contributed by atoms with Gasteiger partial charge >= 0.3 is 0 Å². The number of aliphatic hydroxyl groups is 1. The molecule has 0 amide bonds. The predicted octanol–water partition coefficient (Wildman–Crippen LogP) is 1.98. The number of aliphatic hydroxyl groups excluding tert-OH is 1. The van der Waals surface area contributed by atoms with Gasteiger partial charge in [-0.15, -0.1) is 0 Å². The van der Waals surface area contributed by atoms with E-state index in [1.165, 1.54) is 20.3 Å². The van der Waals surface area contributed by atoms with Crippen molar-refractivity contribution >= 4 is 0 Å². The second-order valence-electron chi connectivity index (χ2n) is 5.41. The zero-order chi connectivity index (χ0) is 17.5. The maximum absolute atomic E-state index is 10.2. The first-order chi connectivity index (χ1) is 11.5. The Bertz CT molecular complexity index is 674. The molecule has 0 saturated heterocycles. The highest BCUT2D eigenvalue weighted by molar-refractivity contribution is 5.43. The van der Waals surface area contributed by atoms with Crippen LogP contribution in [0.15, 0.2) is 36.4 Å². The summed E-state index contributed by atoms with van der Waals surface area (Å²) in [6.07, 6.45) is 0.0382. The summed E-state index contributed by atoms with van der Waals surface area (Å²) in [5.74, 6) is 0.944. The molecule has 0 aromatic heterocycles. The van der Waals surface area contributed by atoms with Crippen LogP contribution in [-0.2, 0) is 6.42 Å². The monoisotopic (exact) mass is 333 g/mol. The number of ether oxygens (including phenoxy) is 2. The van der Waals surface area contributed by atoms with Gasteiger partial charge in [0.2, 0.25) is 0 Å². The van der Waals surface area contributed by atoms with Crippen LogP contribution in [0.3, 0.4) is 0 Å². The largest absolute Gasteiger partial charge is 0.504 e. The summed E-state index contributed by atoms with van der Waals surface area (Å²) < 4.78 is 10.1. The number of rotatable bonds is 8. The highest BCUT2D eigenvalue weighted by Crippen LogP contribution is 2.29. The molecule has 130 valence electrons. The Kier molecular flexibility index (Phi) is 6.28. The quantitative estimate of drug-likeness (QED) is 0.552. The van der Waals surface area contributed by atoms with Crippen molar-refractivity contribution in [1.29, 1.82) is 0 Å². The number of methoxy groups -OCH3 is 2. The third-order valence-electron chi connectivity index (χ3n) is 3.76. The molecule has 0 aliphatic rings. The minimum Gasteiger partial charge on any atom is -0.504 e. The van der Waals surface area contributed by atoms with E-state index >= 15 is 0 Å². The van der Waals surface area contributed by atoms with E-state index in [4.69, 9.17) is 9.47 Å². The molecule has 6 nitrogen and oxygen atoms in total. The average molecular weight is 333 g/mol. The first-order valence-electron chi connectivity index (χ1n) is 7.66. The van der Waals surface area contributed by atoms with Gasteiger partial charge in [-0.2, -0.15) is 0 Å². The highest BCUT2D eigenvalue weighted by Gasteiger charge is 2.10. The number of phenolic OH excluding ortho intramolecular Hbond substituents is 2. The molecule has 1 atom stereocenters. The van der Waals surface area contributed by atoms with Crippen LogP contribution in [0.1, 0.15) is 17.2 Å². The van der Waals surface area contributed by atoms with Gasteiger partial charge in [0, 0.05) is 6.54 Å². The van der Waals surface area contributed by atoms with Crippen molar-refractivity contribution in [3.63, 3.8) is 0 Å². The van der Waals surface area contributed by atoms with Crippen LogP contribution in [0.2, 0.25) is 0 Å². The molecule has 0 saturated carbocycles. The summed E-state index contributed by atoms with van der Waals surface area (Å²) in [6, 6.07) is 10.0. The summed E-state index contributed by atoms with van der Waals surface area (Å²) in [7, 11) is 2.98. The summed E-state index contributed by atoms with van der Waals surface area (Å²) in [6.45, 7) is 1.04. The summed E-state index contributed by atoms with van der Waals surface area (Å²) in [5, 5.41) is 32.5. The minimum atomic E-state index is -0.700. The van der Waals surface area contributed by atoms with Crippen LogP contribution in [0, 0.1) is 0 Å². The van der Waals surface area contributed by atoms with E-state index in [1.807, 2.05) is 6.07 Å². The predicted molar refractivity (Wildman–Crippen MR) is 90.9 cm³/mol. The van der Waals surface area contributed by atoms with E-state index in [0.717, 1.165) is 12.0 Å². The van der Waals surface area contributed by atoms with Gasteiger partial charge in [-0.1, -0.05) is 12.1 Å². The van der Waals surface area contributed by atoms with Crippen molar-refractivity contribution in [3.05, 3.63) is 47.5 Å². The third-order valence-corrected chi connectivity index (χ3v) is 3.76. The first-order valence-corrected chi connectivity index (χ1v) is 7.66. The van der Waals surface area contributed by atoms with Crippen LogP contribution in [0.5, 0.6) is 23.0 Å². The van der Waals surface area contributed by atoms with Gasteiger partial charge < -0.3 is 30.1 Å². The Morgan fingerprint density at radius 1 is 0.958 bits per heavy atom. The zero-order valence-electron chi connectivity index (χ0n) is 13.8. The van der Waals surface area contributed by atoms with Crippen LogP contribution in [-0.4, -0.2) is 42.6 Å². The Morgan fingerprint density at radius 3 is 2.25 bits per heavy atom. The van der Waals surface area contributed by atoms with Gasteiger partial charge in [-0.3, -0.25) is 0 Å². The SMILES string of the molecule is COc1cc(CCNC[C@H](O)c2ccc(O)c(OC)c2)ccc1O. The molecule has 2 aromatic carbocycles. The van der Waals surface area contributed by atoms with Crippen LogP contribution >= 0.6 is 0 Å². The number of hydrogen-bond acceptors (Lipinski definition) is 6. The van der Waals surface area contributed by atoms with Crippen molar-refractivity contribution in [2.75, 3.05) is 27.3 Å². The molecule has 0 spiro atoms. The molecule has 0 unspecified atom stereocenters. The van der Waals surface area contributed by atoms with Crippen LogP contribution in [0.25, 0.3) is 0 Å². The number of nitrogens with one attached hydrogen (secondary N) is 1. The summed E-state index contributed by atoms with van der Waals surface area (Å²) in [4.78, 5) is 0. The topological polar surface area (TPSA) is 91.2 Å². The van der Waals surface area contributed by atoms with Crippen molar-refractivity contribution in [3.8, 4) is 23.0 Å². The lowest BCUT2D eigenvalue weighted by Gasteiger charge is -2.14. The molecule has 2 rings (SSSR count). The van der Waals surface area contributed by atoms with Crippen LogP contribution in [0.4, 0.5) is 0 Å². The van der Waals surface area contributed by atoms with E-state index in [0.29, 0.717) is 30.2 Å². The highest BCUT2D eigenvalue weighted by atomic mass is 16.5. The Hall–Kier alpha value is -2.44. The molecule has 0 heterocycles. The van der Waals surface area contributed by atoms with Gasteiger partial charge in [-0.25, -0.2) is 0 Å². The van der Waals surface area contributed by atoms with E-state index in [2.05, 4.69) is 5.32 Å². The molecule has 2 aromatic rings. The van der Waals surface area contributed by atoms with Gasteiger partial charge in [0.05, 0.1) is 20.3 Å². The van der Waals surface area contributed by atoms with Crippen molar-refractivity contribution in [2.24, 2.45) is 0 Å². The minimum absolute atomic E-state index is 0.0442. The number of benzene rings is 2. The van der Waals surface area contributed by atoms with Crippen molar-refractivity contribution in [2.45, 2.75) is 12.5 Å². The molecular formula is C18H23NO5. The molecule has 0 aliphatic heterocycles. The molecule has 6 heteroatoms. The van der Waals surface area contributed by atoms with Gasteiger partial charge in [0.25, 0.3) is 0 Å². The molecule has 4 N–H and O–H groups in total. The van der Waals surface area contributed by atoms with Gasteiger partial charge in [-0.05, 0) is 48.4 Å². The fourth-order valence-electron chi connectivity index (χ4n) is 2.37. The zero-order valence-corrected chi connectivity index (χ0v) is 13.8. The molecule has 24 heavy (non-hydrogen) atoms. The lowest BCUT2D eigenvalue weighted by Crippen LogP contribution is -2.23. The molecule has 0 radical (unpaired) electrons. The maximum atomic E-state index is 10.2. The molecular weight excluding hydrogens is 310 g/mol.